The summed E-state index contributed by atoms with van der Waals surface area (Å²) in [4.78, 5) is 28.1. The minimum Gasteiger partial charge on any atom is -0.494 e. The number of hydrogen-bond acceptors (Lipinski definition) is 6. The number of fused-ring (bicyclic) bond motifs is 1. The second-order valence-corrected chi connectivity index (χ2v) is 8.37. The third kappa shape index (κ3) is 4.35. The summed E-state index contributed by atoms with van der Waals surface area (Å²) >= 11 is 0. The Bertz CT molecular complexity index is 1060. The molecule has 1 aromatic carbocycles. The Balaban J connectivity index is 1.62. The van der Waals surface area contributed by atoms with Crippen molar-refractivity contribution < 1.29 is 4.74 Å². The molecule has 0 unspecified atom stereocenters. The topological polar surface area (TPSA) is 73.1 Å². The maximum atomic E-state index is 12.9. The molecular formula is C23H27N5O2. The second-order valence-electron chi connectivity index (χ2n) is 8.37. The van der Waals surface area contributed by atoms with Gasteiger partial charge < -0.3 is 9.64 Å². The number of ether oxygens (including phenoxy) is 1. The fourth-order valence-corrected chi connectivity index (χ4v) is 3.88. The zero-order valence-electron chi connectivity index (χ0n) is 17.7. The van der Waals surface area contributed by atoms with Crippen LogP contribution in [0, 0.1) is 5.41 Å². The van der Waals surface area contributed by atoms with Crippen molar-refractivity contribution in [3.63, 3.8) is 0 Å². The van der Waals surface area contributed by atoms with Gasteiger partial charge in [-0.3, -0.25) is 9.36 Å². The lowest BCUT2D eigenvalue weighted by Gasteiger charge is -2.40. The normalized spacial score (nSPS) is 15.0. The van der Waals surface area contributed by atoms with Gasteiger partial charge in [-0.05, 0) is 37.1 Å². The Kier molecular flexibility index (Phi) is 5.53. The molecule has 1 aliphatic heterocycles. The molecule has 3 heterocycles. The fraction of sp³-hybridized carbons (Fsp3) is 0.391. The number of rotatable bonds is 6. The molecule has 0 bridgehead atoms. The van der Waals surface area contributed by atoms with Gasteiger partial charge in [-0.2, -0.15) is 0 Å². The first-order valence-electron chi connectivity index (χ1n) is 10.3. The van der Waals surface area contributed by atoms with E-state index in [1.165, 1.54) is 11.9 Å². The standard InChI is InChI=1S/C23H27N5O2/c1-4-30-18-7-5-17(6-8-18)10-12-27-14-23(2,3)15-28-21(29)13-20(26-22(27)28)19-9-11-24-16-25-19/h5-9,11,13,16H,4,10,12,14-15H2,1-3H3. The van der Waals surface area contributed by atoms with Gasteiger partial charge in [0.15, 0.2) is 0 Å². The maximum absolute atomic E-state index is 12.9. The van der Waals surface area contributed by atoms with E-state index in [2.05, 4.69) is 40.8 Å². The highest BCUT2D eigenvalue weighted by Gasteiger charge is 2.32. The van der Waals surface area contributed by atoms with Crippen LogP contribution in [-0.4, -0.2) is 39.2 Å². The Hall–Kier alpha value is -3.22. The van der Waals surface area contributed by atoms with Crippen LogP contribution in [0.5, 0.6) is 5.75 Å². The minimum absolute atomic E-state index is 0.0201. The van der Waals surface area contributed by atoms with Crippen molar-refractivity contribution in [2.75, 3.05) is 24.6 Å². The lowest BCUT2D eigenvalue weighted by atomic mass is 9.91. The third-order valence-corrected chi connectivity index (χ3v) is 5.23. The second kappa shape index (κ2) is 8.26. The average Bonchev–Trinajstić information content (AvgIpc) is 2.74. The molecule has 0 saturated heterocycles. The van der Waals surface area contributed by atoms with E-state index in [1.807, 2.05) is 19.1 Å². The third-order valence-electron chi connectivity index (χ3n) is 5.23. The molecule has 0 N–H and O–H groups in total. The highest BCUT2D eigenvalue weighted by atomic mass is 16.5. The van der Waals surface area contributed by atoms with E-state index in [0.29, 0.717) is 30.5 Å². The Morgan fingerprint density at radius 1 is 1.10 bits per heavy atom. The summed E-state index contributed by atoms with van der Waals surface area (Å²) in [6, 6.07) is 11.5. The molecule has 0 spiro atoms. The molecule has 0 aliphatic carbocycles. The molecule has 0 radical (unpaired) electrons. The Labute approximate surface area is 176 Å². The van der Waals surface area contributed by atoms with E-state index in [1.54, 1.807) is 22.9 Å². The predicted octanol–water partition coefficient (Wildman–Crippen LogP) is 3.19. The van der Waals surface area contributed by atoms with Crippen molar-refractivity contribution in [3.8, 4) is 17.1 Å². The summed E-state index contributed by atoms with van der Waals surface area (Å²) < 4.78 is 7.31. The molecule has 30 heavy (non-hydrogen) atoms. The van der Waals surface area contributed by atoms with Crippen molar-refractivity contribution >= 4 is 5.95 Å². The molecule has 0 saturated carbocycles. The highest BCUT2D eigenvalue weighted by molar-refractivity contribution is 5.55. The van der Waals surface area contributed by atoms with Crippen molar-refractivity contribution in [1.29, 1.82) is 0 Å². The SMILES string of the molecule is CCOc1ccc(CCN2CC(C)(C)Cn3c2nc(-c2ccncn2)cc3=O)cc1. The summed E-state index contributed by atoms with van der Waals surface area (Å²) in [5.74, 6) is 1.59. The number of hydrogen-bond donors (Lipinski definition) is 0. The summed E-state index contributed by atoms with van der Waals surface area (Å²) in [6.07, 6.45) is 3.99. The summed E-state index contributed by atoms with van der Waals surface area (Å²) in [7, 11) is 0. The highest BCUT2D eigenvalue weighted by Crippen LogP contribution is 2.30. The van der Waals surface area contributed by atoms with E-state index in [9.17, 15) is 4.79 Å². The minimum atomic E-state index is -0.0487. The van der Waals surface area contributed by atoms with Gasteiger partial charge in [-0.15, -0.1) is 0 Å². The molecule has 7 nitrogen and oxygen atoms in total. The summed E-state index contributed by atoms with van der Waals surface area (Å²) in [6.45, 7) is 9.27. The van der Waals surface area contributed by atoms with Crippen molar-refractivity contribution in [2.24, 2.45) is 5.41 Å². The van der Waals surface area contributed by atoms with E-state index in [4.69, 9.17) is 9.72 Å². The van der Waals surface area contributed by atoms with Crippen molar-refractivity contribution in [1.82, 2.24) is 19.5 Å². The van der Waals surface area contributed by atoms with Crippen LogP contribution in [-0.2, 0) is 13.0 Å². The summed E-state index contributed by atoms with van der Waals surface area (Å²) in [5, 5.41) is 0. The quantitative estimate of drug-likeness (QED) is 0.627. The van der Waals surface area contributed by atoms with Gasteiger partial charge in [-0.1, -0.05) is 26.0 Å². The molecule has 7 heteroatoms. The smallest absolute Gasteiger partial charge is 0.255 e. The first-order chi connectivity index (χ1) is 14.4. The van der Waals surface area contributed by atoms with E-state index >= 15 is 0 Å². The Morgan fingerprint density at radius 2 is 1.90 bits per heavy atom. The van der Waals surface area contributed by atoms with Crippen LogP contribution < -0.4 is 15.2 Å². The van der Waals surface area contributed by atoms with Crippen LogP contribution in [0.3, 0.4) is 0 Å². The zero-order chi connectivity index (χ0) is 21.1. The molecule has 2 aromatic heterocycles. The van der Waals surface area contributed by atoms with Crippen LogP contribution >= 0.6 is 0 Å². The van der Waals surface area contributed by atoms with Gasteiger partial charge in [0.25, 0.3) is 5.56 Å². The number of benzene rings is 1. The van der Waals surface area contributed by atoms with Gasteiger partial charge in [0.05, 0.1) is 18.0 Å². The molecule has 3 aromatic rings. The number of aromatic nitrogens is 4. The molecule has 0 fully saturated rings. The lowest BCUT2D eigenvalue weighted by molar-refractivity contribution is 0.274. The summed E-state index contributed by atoms with van der Waals surface area (Å²) in [5.41, 5.74) is 2.39. The van der Waals surface area contributed by atoms with E-state index < -0.39 is 0 Å². The van der Waals surface area contributed by atoms with Crippen LogP contribution in [0.25, 0.3) is 11.4 Å². The predicted molar refractivity (Wildman–Crippen MR) is 117 cm³/mol. The number of nitrogens with zero attached hydrogens (tertiary/aromatic N) is 5. The monoisotopic (exact) mass is 405 g/mol. The van der Waals surface area contributed by atoms with Gasteiger partial charge in [-0.25, -0.2) is 15.0 Å². The fourth-order valence-electron chi connectivity index (χ4n) is 3.88. The van der Waals surface area contributed by atoms with Crippen LogP contribution in [0.1, 0.15) is 26.3 Å². The first-order valence-corrected chi connectivity index (χ1v) is 10.3. The average molecular weight is 406 g/mol. The van der Waals surface area contributed by atoms with Gasteiger partial charge in [0.2, 0.25) is 5.95 Å². The molecule has 0 amide bonds. The molecule has 156 valence electrons. The van der Waals surface area contributed by atoms with Crippen LogP contribution in [0.2, 0.25) is 0 Å². The lowest BCUT2D eigenvalue weighted by Crippen LogP contribution is -2.48. The van der Waals surface area contributed by atoms with Crippen LogP contribution in [0.4, 0.5) is 5.95 Å². The molecule has 4 rings (SSSR count). The molecule has 1 aliphatic rings. The van der Waals surface area contributed by atoms with Crippen molar-refractivity contribution in [3.05, 3.63) is 64.8 Å². The van der Waals surface area contributed by atoms with E-state index in [0.717, 1.165) is 25.3 Å². The Morgan fingerprint density at radius 3 is 2.60 bits per heavy atom. The van der Waals surface area contributed by atoms with Crippen LogP contribution in [0.15, 0.2) is 53.7 Å². The van der Waals surface area contributed by atoms with Gasteiger partial charge in [0, 0.05) is 37.3 Å². The van der Waals surface area contributed by atoms with Gasteiger partial charge in [0.1, 0.15) is 12.1 Å². The molecule has 0 atom stereocenters. The van der Waals surface area contributed by atoms with Crippen molar-refractivity contribution in [2.45, 2.75) is 33.7 Å². The zero-order valence-corrected chi connectivity index (χ0v) is 17.7. The first kappa shape index (κ1) is 20.1. The number of anilines is 1. The maximum Gasteiger partial charge on any atom is 0.255 e. The van der Waals surface area contributed by atoms with Gasteiger partial charge >= 0.3 is 0 Å². The van der Waals surface area contributed by atoms with E-state index in [-0.39, 0.29) is 11.0 Å². The largest absolute Gasteiger partial charge is 0.494 e. The molecular weight excluding hydrogens is 378 g/mol.